The van der Waals surface area contributed by atoms with Gasteiger partial charge in [0.25, 0.3) is 11.8 Å². The zero-order chi connectivity index (χ0) is 17.7. The molecule has 0 bridgehead atoms. The summed E-state index contributed by atoms with van der Waals surface area (Å²) in [5.41, 5.74) is 0.900. The Morgan fingerprint density at radius 1 is 1.25 bits per heavy atom. The van der Waals surface area contributed by atoms with Crippen molar-refractivity contribution in [2.45, 2.75) is 58.5 Å². The summed E-state index contributed by atoms with van der Waals surface area (Å²) in [5, 5.41) is 5.79. The number of imidazole rings is 1. The van der Waals surface area contributed by atoms with E-state index in [1.54, 1.807) is 7.11 Å². The Labute approximate surface area is 143 Å². The summed E-state index contributed by atoms with van der Waals surface area (Å²) in [7, 11) is 1.63. The molecule has 134 valence electrons. The third kappa shape index (κ3) is 4.56. The molecule has 2 N–H and O–H groups in total. The second-order valence-electron chi connectivity index (χ2n) is 7.15. The molecular weight excluding hydrogens is 308 g/mol. The van der Waals surface area contributed by atoms with Crippen LogP contribution in [0.15, 0.2) is 0 Å². The predicted octanol–water partition coefficient (Wildman–Crippen LogP) is 1.51. The molecule has 7 nitrogen and oxygen atoms in total. The van der Waals surface area contributed by atoms with Gasteiger partial charge in [-0.05, 0) is 46.5 Å². The minimum atomic E-state index is -0.347. The highest BCUT2D eigenvalue weighted by Crippen LogP contribution is 2.21. The highest BCUT2D eigenvalue weighted by atomic mass is 16.5. The Hall–Kier alpha value is -1.89. The minimum Gasteiger partial charge on any atom is -0.385 e. The number of hydrogen-bond donors (Lipinski definition) is 2. The number of aromatic nitrogens is 2. The van der Waals surface area contributed by atoms with Crippen LogP contribution in [0.25, 0.3) is 0 Å². The summed E-state index contributed by atoms with van der Waals surface area (Å²) in [6.07, 6.45) is 3.52. The number of methoxy groups -OCH3 is 1. The summed E-state index contributed by atoms with van der Waals surface area (Å²) in [4.78, 5) is 29.3. The van der Waals surface area contributed by atoms with Crippen molar-refractivity contribution in [3.63, 3.8) is 0 Å². The molecule has 1 aliphatic rings. The minimum absolute atomic E-state index is 0.216. The Balaban J connectivity index is 2.20. The van der Waals surface area contributed by atoms with Gasteiger partial charge in [0.2, 0.25) is 0 Å². The van der Waals surface area contributed by atoms with Crippen LogP contribution in [0.5, 0.6) is 0 Å². The molecule has 0 fully saturated rings. The number of hydrogen-bond acceptors (Lipinski definition) is 4. The first-order valence-corrected chi connectivity index (χ1v) is 8.52. The van der Waals surface area contributed by atoms with Crippen LogP contribution in [0.3, 0.4) is 0 Å². The molecule has 0 saturated heterocycles. The van der Waals surface area contributed by atoms with E-state index in [2.05, 4.69) is 15.6 Å². The highest BCUT2D eigenvalue weighted by Gasteiger charge is 2.28. The Kier molecular flexibility index (Phi) is 5.99. The maximum absolute atomic E-state index is 12.5. The largest absolute Gasteiger partial charge is 0.385 e. The molecule has 0 unspecified atom stereocenters. The molecule has 24 heavy (non-hydrogen) atoms. The van der Waals surface area contributed by atoms with Gasteiger partial charge in [0.05, 0.1) is 5.69 Å². The van der Waals surface area contributed by atoms with Gasteiger partial charge in [-0.15, -0.1) is 0 Å². The van der Waals surface area contributed by atoms with Crippen molar-refractivity contribution in [3.05, 3.63) is 17.2 Å². The molecular formula is C17H28N4O3. The first-order valence-electron chi connectivity index (χ1n) is 8.52. The molecule has 7 heteroatoms. The zero-order valence-electron chi connectivity index (χ0n) is 15.1. The van der Waals surface area contributed by atoms with Gasteiger partial charge in [0, 0.05) is 32.3 Å². The van der Waals surface area contributed by atoms with Crippen molar-refractivity contribution in [1.82, 2.24) is 20.2 Å². The number of amides is 2. The average Bonchev–Trinajstić information content (AvgIpc) is 2.89. The third-order valence-electron chi connectivity index (χ3n) is 3.84. The van der Waals surface area contributed by atoms with Crippen molar-refractivity contribution in [1.29, 1.82) is 0 Å². The predicted molar refractivity (Wildman–Crippen MR) is 91.2 cm³/mol. The lowest BCUT2D eigenvalue weighted by atomic mass is 10.1. The van der Waals surface area contributed by atoms with Crippen molar-refractivity contribution >= 4 is 11.8 Å². The summed E-state index contributed by atoms with van der Waals surface area (Å²) >= 11 is 0. The number of ether oxygens (including phenoxy) is 1. The molecule has 2 rings (SSSR count). The van der Waals surface area contributed by atoms with E-state index < -0.39 is 0 Å². The lowest BCUT2D eigenvalue weighted by molar-refractivity contribution is 0.0903. The Morgan fingerprint density at radius 3 is 2.67 bits per heavy atom. The average molecular weight is 336 g/mol. The summed E-state index contributed by atoms with van der Waals surface area (Å²) in [6, 6.07) is 0. The smallest absolute Gasteiger partial charge is 0.287 e. The molecule has 1 aliphatic heterocycles. The zero-order valence-corrected chi connectivity index (χ0v) is 15.1. The second kappa shape index (κ2) is 7.79. The lowest BCUT2D eigenvalue weighted by Gasteiger charge is -2.22. The third-order valence-corrected chi connectivity index (χ3v) is 3.84. The van der Waals surface area contributed by atoms with E-state index in [1.165, 1.54) is 0 Å². The maximum Gasteiger partial charge on any atom is 0.287 e. The molecule has 0 atom stereocenters. The standard InChI is InChI=1S/C17H28N4O3/c1-17(2,3)20-16(23)14-19-13(12-8-5-6-10-21(12)14)15(22)18-9-7-11-24-4/h5-11H2,1-4H3,(H,18,22)(H,20,23). The van der Waals surface area contributed by atoms with Gasteiger partial charge in [0.15, 0.2) is 5.82 Å². The van der Waals surface area contributed by atoms with Crippen LogP contribution >= 0.6 is 0 Å². The van der Waals surface area contributed by atoms with E-state index in [0.29, 0.717) is 24.7 Å². The van der Waals surface area contributed by atoms with Gasteiger partial charge in [-0.2, -0.15) is 0 Å². The topological polar surface area (TPSA) is 85.2 Å². The first-order chi connectivity index (χ1) is 11.3. The summed E-state index contributed by atoms with van der Waals surface area (Å²) < 4.78 is 6.88. The number of nitrogens with one attached hydrogen (secondary N) is 2. The van der Waals surface area contributed by atoms with Crippen molar-refractivity contribution in [2.24, 2.45) is 0 Å². The molecule has 0 radical (unpaired) electrons. The molecule has 0 saturated carbocycles. The molecule has 1 aromatic heterocycles. The Bertz CT molecular complexity index is 602. The highest BCUT2D eigenvalue weighted by molar-refractivity contribution is 5.97. The quantitative estimate of drug-likeness (QED) is 0.771. The van der Waals surface area contributed by atoms with Gasteiger partial charge in [-0.25, -0.2) is 4.98 Å². The fourth-order valence-corrected chi connectivity index (χ4v) is 2.80. The van der Waals surface area contributed by atoms with Gasteiger partial charge >= 0.3 is 0 Å². The number of nitrogens with zero attached hydrogens (tertiary/aromatic N) is 2. The molecule has 2 amide bonds. The van der Waals surface area contributed by atoms with E-state index in [1.807, 2.05) is 25.3 Å². The van der Waals surface area contributed by atoms with Crippen LogP contribution in [-0.2, 0) is 17.7 Å². The van der Waals surface area contributed by atoms with E-state index >= 15 is 0 Å². The first kappa shape index (κ1) is 18.4. The Morgan fingerprint density at radius 2 is 2.00 bits per heavy atom. The molecule has 0 aromatic carbocycles. The van der Waals surface area contributed by atoms with Crippen LogP contribution in [0.2, 0.25) is 0 Å². The monoisotopic (exact) mass is 336 g/mol. The van der Waals surface area contributed by atoms with Crippen LogP contribution in [0.1, 0.15) is 66.8 Å². The molecule has 0 spiro atoms. The number of carbonyl (C=O) groups excluding carboxylic acids is 2. The lowest BCUT2D eigenvalue weighted by Crippen LogP contribution is -2.42. The van der Waals surface area contributed by atoms with Crippen molar-refractivity contribution in [2.75, 3.05) is 20.3 Å². The maximum atomic E-state index is 12.5. The van der Waals surface area contributed by atoms with E-state index in [-0.39, 0.29) is 17.4 Å². The number of carbonyl (C=O) groups is 2. The van der Waals surface area contributed by atoms with Gasteiger partial charge in [-0.3, -0.25) is 9.59 Å². The van der Waals surface area contributed by atoms with E-state index in [9.17, 15) is 9.59 Å². The fraction of sp³-hybridized carbons (Fsp3) is 0.706. The summed E-state index contributed by atoms with van der Waals surface area (Å²) in [5.74, 6) is -0.114. The number of rotatable bonds is 6. The van der Waals surface area contributed by atoms with Gasteiger partial charge < -0.3 is 19.9 Å². The SMILES string of the molecule is COCCCNC(=O)c1nc(C(=O)NC(C)(C)C)n2c1CCCC2. The molecule has 0 aliphatic carbocycles. The van der Waals surface area contributed by atoms with Crippen LogP contribution < -0.4 is 10.6 Å². The van der Waals surface area contributed by atoms with Gasteiger partial charge in [0.1, 0.15) is 5.69 Å². The van der Waals surface area contributed by atoms with Crippen LogP contribution in [0.4, 0.5) is 0 Å². The molecule has 2 heterocycles. The van der Waals surface area contributed by atoms with E-state index in [0.717, 1.165) is 37.9 Å². The van der Waals surface area contributed by atoms with E-state index in [4.69, 9.17) is 4.74 Å². The van der Waals surface area contributed by atoms with Crippen molar-refractivity contribution in [3.8, 4) is 0 Å². The number of fused-ring (bicyclic) bond motifs is 1. The fourth-order valence-electron chi connectivity index (χ4n) is 2.80. The molecule has 1 aromatic rings. The van der Waals surface area contributed by atoms with Crippen LogP contribution in [-0.4, -0.2) is 47.2 Å². The summed E-state index contributed by atoms with van der Waals surface area (Å²) in [6.45, 7) is 7.63. The second-order valence-corrected chi connectivity index (χ2v) is 7.15. The van der Waals surface area contributed by atoms with Crippen LogP contribution in [0, 0.1) is 0 Å². The van der Waals surface area contributed by atoms with Gasteiger partial charge in [-0.1, -0.05) is 0 Å². The normalized spacial score (nSPS) is 14.2. The van der Waals surface area contributed by atoms with Crippen molar-refractivity contribution < 1.29 is 14.3 Å².